The number of hydrogen-bond donors (Lipinski definition) is 3. The van der Waals surface area contributed by atoms with Crippen LogP contribution in [0.1, 0.15) is 57.8 Å². The smallest absolute Gasteiger partial charge is 0.306 e. The lowest BCUT2D eigenvalue weighted by Crippen LogP contribution is -2.48. The maximum atomic E-state index is 12.2. The molecule has 21 heavy (non-hydrogen) atoms. The van der Waals surface area contributed by atoms with Gasteiger partial charge in [-0.15, -0.1) is 0 Å². The standard InChI is InChI=1S/C16H28N2O3/c1-17-16(8-3-2-4-9-16)10-14(19)18-11-12-6-5-7-13(12)15(20)21/h12-13,17H,2-11H2,1H3,(H,18,19)(H,20,21). The molecule has 0 spiro atoms. The predicted molar refractivity (Wildman–Crippen MR) is 81.0 cm³/mol. The van der Waals surface area contributed by atoms with E-state index in [4.69, 9.17) is 5.11 Å². The first-order valence-electron chi connectivity index (χ1n) is 8.25. The van der Waals surface area contributed by atoms with Crippen LogP contribution in [-0.4, -0.2) is 36.1 Å². The Balaban J connectivity index is 1.80. The lowest BCUT2D eigenvalue weighted by atomic mass is 9.79. The van der Waals surface area contributed by atoms with Crippen molar-refractivity contribution in [3.63, 3.8) is 0 Å². The molecule has 2 fully saturated rings. The van der Waals surface area contributed by atoms with Crippen molar-refractivity contribution in [2.45, 2.75) is 63.3 Å². The molecule has 0 aliphatic heterocycles. The number of hydrogen-bond acceptors (Lipinski definition) is 3. The zero-order chi connectivity index (χ0) is 15.3. The summed E-state index contributed by atoms with van der Waals surface area (Å²) in [6.45, 7) is 0.510. The molecule has 0 aromatic carbocycles. The number of carboxylic acids is 1. The molecule has 0 saturated heterocycles. The van der Waals surface area contributed by atoms with Crippen LogP contribution in [-0.2, 0) is 9.59 Å². The van der Waals surface area contributed by atoms with Crippen LogP contribution in [0.15, 0.2) is 0 Å². The van der Waals surface area contributed by atoms with Crippen LogP contribution in [0.3, 0.4) is 0 Å². The van der Waals surface area contributed by atoms with Gasteiger partial charge < -0.3 is 15.7 Å². The van der Waals surface area contributed by atoms with Gasteiger partial charge in [0.05, 0.1) is 5.92 Å². The summed E-state index contributed by atoms with van der Waals surface area (Å²) < 4.78 is 0. The quantitative estimate of drug-likeness (QED) is 0.699. The minimum atomic E-state index is -0.717. The van der Waals surface area contributed by atoms with E-state index in [-0.39, 0.29) is 23.3 Å². The molecule has 5 heteroatoms. The van der Waals surface area contributed by atoms with Crippen LogP contribution in [0.25, 0.3) is 0 Å². The molecule has 2 aliphatic carbocycles. The van der Waals surface area contributed by atoms with Crippen molar-refractivity contribution in [2.24, 2.45) is 11.8 Å². The molecule has 0 radical (unpaired) electrons. The Morgan fingerprint density at radius 3 is 2.48 bits per heavy atom. The van der Waals surface area contributed by atoms with Crippen molar-refractivity contribution in [1.82, 2.24) is 10.6 Å². The van der Waals surface area contributed by atoms with E-state index in [1.54, 1.807) is 0 Å². The molecule has 2 saturated carbocycles. The third kappa shape index (κ3) is 4.19. The number of carboxylic acid groups (broad SMARTS) is 1. The third-order valence-electron chi connectivity index (χ3n) is 5.38. The second-order valence-corrected chi connectivity index (χ2v) is 6.71. The van der Waals surface area contributed by atoms with Gasteiger partial charge in [0.25, 0.3) is 0 Å². The molecule has 0 heterocycles. The SMILES string of the molecule is CNC1(CC(=O)NCC2CCCC2C(=O)O)CCCCC1. The van der Waals surface area contributed by atoms with Gasteiger partial charge in [0.1, 0.15) is 0 Å². The first-order valence-corrected chi connectivity index (χ1v) is 8.25. The lowest BCUT2D eigenvalue weighted by molar-refractivity contribution is -0.143. The average molecular weight is 296 g/mol. The monoisotopic (exact) mass is 296 g/mol. The largest absolute Gasteiger partial charge is 0.481 e. The van der Waals surface area contributed by atoms with Gasteiger partial charge in [-0.3, -0.25) is 9.59 Å². The topological polar surface area (TPSA) is 78.4 Å². The molecule has 0 bridgehead atoms. The number of rotatable bonds is 6. The number of aliphatic carboxylic acids is 1. The van der Waals surface area contributed by atoms with Crippen LogP contribution in [0, 0.1) is 11.8 Å². The molecule has 0 aromatic rings. The van der Waals surface area contributed by atoms with Crippen LogP contribution in [0.4, 0.5) is 0 Å². The van der Waals surface area contributed by atoms with Crippen LogP contribution in [0.5, 0.6) is 0 Å². The summed E-state index contributed by atoms with van der Waals surface area (Å²) >= 11 is 0. The van der Waals surface area contributed by atoms with E-state index in [9.17, 15) is 9.59 Å². The Morgan fingerprint density at radius 1 is 1.14 bits per heavy atom. The molecule has 3 N–H and O–H groups in total. The zero-order valence-electron chi connectivity index (χ0n) is 13.0. The summed E-state index contributed by atoms with van der Waals surface area (Å²) in [5.74, 6) is -0.838. The fourth-order valence-corrected chi connectivity index (χ4v) is 3.96. The average Bonchev–Trinajstić information content (AvgIpc) is 2.95. The van der Waals surface area contributed by atoms with Gasteiger partial charge >= 0.3 is 5.97 Å². The second-order valence-electron chi connectivity index (χ2n) is 6.71. The maximum Gasteiger partial charge on any atom is 0.306 e. The van der Waals surface area contributed by atoms with Gasteiger partial charge in [-0.25, -0.2) is 0 Å². The van der Waals surface area contributed by atoms with Gasteiger partial charge in [-0.1, -0.05) is 25.7 Å². The minimum absolute atomic E-state index is 0.0514. The molecule has 2 unspecified atom stereocenters. The number of amides is 1. The second kappa shape index (κ2) is 7.25. The number of carbonyl (C=O) groups is 2. The van der Waals surface area contributed by atoms with Crippen LogP contribution >= 0.6 is 0 Å². The van der Waals surface area contributed by atoms with Crippen molar-refractivity contribution in [3.05, 3.63) is 0 Å². The number of carbonyl (C=O) groups excluding carboxylic acids is 1. The summed E-state index contributed by atoms with van der Waals surface area (Å²) in [6.07, 6.45) is 8.84. The molecule has 1 amide bonds. The van der Waals surface area contributed by atoms with E-state index < -0.39 is 5.97 Å². The molecule has 2 rings (SSSR count). The summed E-state index contributed by atoms with van der Waals surface area (Å²) in [5.41, 5.74) is -0.0514. The Hall–Kier alpha value is -1.10. The van der Waals surface area contributed by atoms with Gasteiger partial charge in [-0.05, 0) is 38.6 Å². The van der Waals surface area contributed by atoms with Crippen LogP contribution in [0.2, 0.25) is 0 Å². The fraction of sp³-hybridized carbons (Fsp3) is 0.875. The Labute approximate surface area is 126 Å². The zero-order valence-corrected chi connectivity index (χ0v) is 13.0. The van der Waals surface area contributed by atoms with Gasteiger partial charge in [0.15, 0.2) is 0 Å². The molecular weight excluding hydrogens is 268 g/mol. The summed E-state index contributed by atoms with van der Waals surface area (Å²) in [5, 5.41) is 15.5. The first-order chi connectivity index (χ1) is 10.1. The van der Waals surface area contributed by atoms with E-state index in [2.05, 4.69) is 10.6 Å². The van der Waals surface area contributed by atoms with E-state index >= 15 is 0 Å². The van der Waals surface area contributed by atoms with E-state index in [0.717, 1.165) is 32.1 Å². The van der Waals surface area contributed by atoms with E-state index in [0.29, 0.717) is 13.0 Å². The Morgan fingerprint density at radius 2 is 1.86 bits per heavy atom. The highest BCUT2D eigenvalue weighted by molar-refractivity contribution is 5.77. The predicted octanol–water partition coefficient (Wildman–Crippen LogP) is 1.92. The van der Waals surface area contributed by atoms with Crippen molar-refractivity contribution in [2.75, 3.05) is 13.6 Å². The lowest BCUT2D eigenvalue weighted by Gasteiger charge is -2.36. The van der Waals surface area contributed by atoms with Gasteiger partial charge in [0.2, 0.25) is 5.91 Å². The molecular formula is C16H28N2O3. The van der Waals surface area contributed by atoms with Crippen molar-refractivity contribution >= 4 is 11.9 Å². The molecule has 5 nitrogen and oxygen atoms in total. The minimum Gasteiger partial charge on any atom is -0.481 e. The Bertz CT molecular complexity index is 378. The normalized spacial score (nSPS) is 28.2. The highest BCUT2D eigenvalue weighted by Gasteiger charge is 2.35. The first kappa shape index (κ1) is 16.3. The molecule has 0 aromatic heterocycles. The van der Waals surface area contributed by atoms with Crippen molar-refractivity contribution < 1.29 is 14.7 Å². The van der Waals surface area contributed by atoms with Gasteiger partial charge in [0, 0.05) is 18.5 Å². The van der Waals surface area contributed by atoms with Crippen LogP contribution < -0.4 is 10.6 Å². The van der Waals surface area contributed by atoms with E-state index in [1.807, 2.05) is 7.05 Å². The van der Waals surface area contributed by atoms with E-state index in [1.165, 1.54) is 19.3 Å². The summed E-state index contributed by atoms with van der Waals surface area (Å²) in [6, 6.07) is 0. The maximum absolute atomic E-state index is 12.2. The van der Waals surface area contributed by atoms with Crippen molar-refractivity contribution in [1.29, 1.82) is 0 Å². The molecule has 2 aliphatic rings. The number of nitrogens with one attached hydrogen (secondary N) is 2. The van der Waals surface area contributed by atoms with Gasteiger partial charge in [-0.2, -0.15) is 0 Å². The summed E-state index contributed by atoms with van der Waals surface area (Å²) in [7, 11) is 1.94. The highest BCUT2D eigenvalue weighted by atomic mass is 16.4. The fourth-order valence-electron chi connectivity index (χ4n) is 3.96. The molecule has 2 atom stereocenters. The Kier molecular flexibility index (Phi) is 5.62. The van der Waals surface area contributed by atoms with Crippen molar-refractivity contribution in [3.8, 4) is 0 Å². The summed E-state index contributed by atoms with van der Waals surface area (Å²) in [4.78, 5) is 23.4. The molecule has 120 valence electrons. The highest BCUT2D eigenvalue weighted by Crippen LogP contribution is 2.32. The third-order valence-corrected chi connectivity index (χ3v) is 5.38.